The van der Waals surface area contributed by atoms with Crippen LogP contribution in [0.5, 0.6) is 0 Å². The van der Waals surface area contributed by atoms with Gasteiger partial charge in [-0.3, -0.25) is 9.69 Å². The third-order valence-corrected chi connectivity index (χ3v) is 4.39. The predicted octanol–water partition coefficient (Wildman–Crippen LogP) is 2.43. The van der Waals surface area contributed by atoms with Crippen molar-refractivity contribution in [2.45, 2.75) is 44.6 Å². The summed E-state index contributed by atoms with van der Waals surface area (Å²) in [5, 5.41) is 11.9. The second-order valence-corrected chi connectivity index (χ2v) is 6.05. The highest BCUT2D eigenvalue weighted by Crippen LogP contribution is 2.17. The van der Waals surface area contributed by atoms with Crippen LogP contribution >= 0.6 is 0 Å². The van der Waals surface area contributed by atoms with Gasteiger partial charge in [0.1, 0.15) is 0 Å². The molecule has 4 heteroatoms. The van der Waals surface area contributed by atoms with Crippen LogP contribution in [0.25, 0.3) is 0 Å². The number of amides is 1. The molecule has 1 aromatic carbocycles. The Hall–Kier alpha value is -1.39. The van der Waals surface area contributed by atoms with Gasteiger partial charge >= 0.3 is 0 Å². The van der Waals surface area contributed by atoms with Gasteiger partial charge in [0.2, 0.25) is 0 Å². The van der Waals surface area contributed by atoms with Crippen LogP contribution in [0, 0.1) is 0 Å². The van der Waals surface area contributed by atoms with E-state index in [1.807, 2.05) is 30.3 Å². The molecule has 1 fully saturated rings. The molecule has 0 aliphatic carbocycles. The second-order valence-electron chi connectivity index (χ2n) is 6.05. The Labute approximate surface area is 133 Å². The Morgan fingerprint density at radius 1 is 1.18 bits per heavy atom. The van der Waals surface area contributed by atoms with E-state index in [-0.39, 0.29) is 12.5 Å². The van der Waals surface area contributed by atoms with Gasteiger partial charge in [0, 0.05) is 24.8 Å². The topological polar surface area (TPSA) is 52.6 Å². The van der Waals surface area contributed by atoms with Crippen molar-refractivity contribution in [2.75, 3.05) is 26.2 Å². The number of piperidine rings is 1. The highest BCUT2D eigenvalue weighted by Gasteiger charge is 2.22. The average molecular weight is 304 g/mol. The second kappa shape index (κ2) is 9.59. The fraction of sp³-hybridized carbons (Fsp3) is 0.611. The van der Waals surface area contributed by atoms with Crippen molar-refractivity contribution in [3.8, 4) is 0 Å². The van der Waals surface area contributed by atoms with Crippen LogP contribution in [0.2, 0.25) is 0 Å². The monoisotopic (exact) mass is 304 g/mol. The number of aliphatic hydroxyl groups is 1. The maximum absolute atomic E-state index is 12.1. The number of nitrogens with one attached hydrogen (secondary N) is 1. The molecule has 0 saturated carbocycles. The van der Waals surface area contributed by atoms with E-state index in [1.54, 1.807) is 0 Å². The summed E-state index contributed by atoms with van der Waals surface area (Å²) >= 11 is 0. The maximum atomic E-state index is 12.1. The lowest BCUT2D eigenvalue weighted by Crippen LogP contribution is -2.47. The standard InChI is InChI=1S/C18H28N2O2/c21-14-8-2-6-12-20-13-7-5-11-17(20)15-19-18(22)16-9-3-1-4-10-16/h1,3-4,9-10,17,21H,2,5-8,11-15H2,(H,19,22). The number of carbonyl (C=O) groups excluding carboxylic acids is 1. The van der Waals surface area contributed by atoms with Gasteiger partial charge in [-0.1, -0.05) is 24.6 Å². The van der Waals surface area contributed by atoms with E-state index in [0.717, 1.165) is 50.9 Å². The van der Waals surface area contributed by atoms with Gasteiger partial charge in [-0.25, -0.2) is 0 Å². The number of likely N-dealkylation sites (tertiary alicyclic amines) is 1. The summed E-state index contributed by atoms with van der Waals surface area (Å²) in [6.45, 7) is 3.22. The van der Waals surface area contributed by atoms with Crippen LogP contribution in [0.15, 0.2) is 30.3 Å². The van der Waals surface area contributed by atoms with E-state index in [2.05, 4.69) is 10.2 Å². The molecular weight excluding hydrogens is 276 g/mol. The Kier molecular flexibility index (Phi) is 7.40. The number of nitrogens with zero attached hydrogens (tertiary/aromatic N) is 1. The Morgan fingerprint density at radius 2 is 2.00 bits per heavy atom. The lowest BCUT2D eigenvalue weighted by molar-refractivity contribution is 0.0911. The Balaban J connectivity index is 1.77. The quantitative estimate of drug-likeness (QED) is 0.725. The molecule has 122 valence electrons. The molecule has 22 heavy (non-hydrogen) atoms. The molecule has 0 bridgehead atoms. The molecule has 1 atom stereocenters. The third-order valence-electron chi connectivity index (χ3n) is 4.39. The number of hydrogen-bond acceptors (Lipinski definition) is 3. The minimum absolute atomic E-state index is 0.0198. The molecule has 1 heterocycles. The van der Waals surface area contributed by atoms with Crippen molar-refractivity contribution in [3.05, 3.63) is 35.9 Å². The van der Waals surface area contributed by atoms with Crippen LogP contribution in [0.1, 0.15) is 48.9 Å². The molecule has 2 N–H and O–H groups in total. The zero-order valence-corrected chi connectivity index (χ0v) is 13.3. The number of unbranched alkanes of at least 4 members (excludes halogenated alkanes) is 2. The molecule has 0 spiro atoms. The van der Waals surface area contributed by atoms with Gasteiger partial charge in [-0.15, -0.1) is 0 Å². The fourth-order valence-electron chi connectivity index (χ4n) is 3.09. The van der Waals surface area contributed by atoms with Crippen molar-refractivity contribution in [3.63, 3.8) is 0 Å². The van der Waals surface area contributed by atoms with Crippen LogP contribution in [0.4, 0.5) is 0 Å². The molecule has 1 amide bonds. The maximum Gasteiger partial charge on any atom is 0.251 e. The van der Waals surface area contributed by atoms with E-state index in [1.165, 1.54) is 12.8 Å². The summed E-state index contributed by atoms with van der Waals surface area (Å²) in [7, 11) is 0. The first-order valence-electron chi connectivity index (χ1n) is 8.49. The van der Waals surface area contributed by atoms with Gasteiger partial charge < -0.3 is 10.4 Å². The zero-order valence-electron chi connectivity index (χ0n) is 13.3. The predicted molar refractivity (Wildman–Crippen MR) is 88.9 cm³/mol. The van der Waals surface area contributed by atoms with Crippen molar-refractivity contribution in [1.82, 2.24) is 10.2 Å². The van der Waals surface area contributed by atoms with Gasteiger partial charge in [0.05, 0.1) is 0 Å². The van der Waals surface area contributed by atoms with E-state index in [4.69, 9.17) is 5.11 Å². The number of carbonyl (C=O) groups is 1. The molecule has 0 aromatic heterocycles. The Morgan fingerprint density at radius 3 is 2.77 bits per heavy atom. The minimum Gasteiger partial charge on any atom is -0.396 e. The highest BCUT2D eigenvalue weighted by molar-refractivity contribution is 5.94. The molecule has 4 nitrogen and oxygen atoms in total. The van der Waals surface area contributed by atoms with Crippen molar-refractivity contribution < 1.29 is 9.90 Å². The van der Waals surface area contributed by atoms with Crippen molar-refractivity contribution in [2.24, 2.45) is 0 Å². The normalized spacial score (nSPS) is 19.0. The smallest absolute Gasteiger partial charge is 0.251 e. The molecule has 1 unspecified atom stereocenters. The van der Waals surface area contributed by atoms with Crippen LogP contribution in [0.3, 0.4) is 0 Å². The first-order chi connectivity index (χ1) is 10.8. The van der Waals surface area contributed by atoms with E-state index in [9.17, 15) is 4.79 Å². The summed E-state index contributed by atoms with van der Waals surface area (Å²) in [6, 6.07) is 9.86. The molecular formula is C18H28N2O2. The van der Waals surface area contributed by atoms with Crippen LogP contribution < -0.4 is 5.32 Å². The average Bonchev–Trinajstić information content (AvgIpc) is 2.58. The fourth-order valence-corrected chi connectivity index (χ4v) is 3.09. The largest absolute Gasteiger partial charge is 0.396 e. The van der Waals surface area contributed by atoms with E-state index in [0.29, 0.717) is 6.04 Å². The molecule has 0 radical (unpaired) electrons. The summed E-state index contributed by atoms with van der Waals surface area (Å²) < 4.78 is 0. The zero-order chi connectivity index (χ0) is 15.6. The summed E-state index contributed by atoms with van der Waals surface area (Å²) in [6.07, 6.45) is 6.76. The highest BCUT2D eigenvalue weighted by atomic mass is 16.2. The van der Waals surface area contributed by atoms with Gasteiger partial charge in [0.25, 0.3) is 5.91 Å². The van der Waals surface area contributed by atoms with E-state index >= 15 is 0 Å². The molecule has 1 aromatic rings. The number of benzene rings is 1. The van der Waals surface area contributed by atoms with Crippen LogP contribution in [-0.2, 0) is 0 Å². The number of aliphatic hydroxyl groups excluding tert-OH is 1. The molecule has 2 rings (SSSR count). The SMILES string of the molecule is O=C(NCC1CCCCN1CCCCCO)c1ccccc1. The number of rotatable bonds is 8. The third kappa shape index (κ3) is 5.43. The van der Waals surface area contributed by atoms with E-state index < -0.39 is 0 Å². The molecule has 1 saturated heterocycles. The van der Waals surface area contributed by atoms with Gasteiger partial charge in [0.15, 0.2) is 0 Å². The van der Waals surface area contributed by atoms with Gasteiger partial charge in [-0.2, -0.15) is 0 Å². The first-order valence-corrected chi connectivity index (χ1v) is 8.49. The summed E-state index contributed by atoms with van der Waals surface area (Å²) in [5.74, 6) is 0.0198. The van der Waals surface area contributed by atoms with Crippen molar-refractivity contribution in [1.29, 1.82) is 0 Å². The summed E-state index contributed by atoms with van der Waals surface area (Å²) in [5.41, 5.74) is 0.729. The number of hydrogen-bond donors (Lipinski definition) is 2. The minimum atomic E-state index is 0.0198. The molecule has 1 aliphatic heterocycles. The Bertz CT molecular complexity index is 436. The summed E-state index contributed by atoms with van der Waals surface area (Å²) in [4.78, 5) is 14.6. The lowest BCUT2D eigenvalue weighted by Gasteiger charge is -2.35. The van der Waals surface area contributed by atoms with Gasteiger partial charge in [-0.05, 0) is 57.3 Å². The van der Waals surface area contributed by atoms with Crippen molar-refractivity contribution >= 4 is 5.91 Å². The first kappa shape index (κ1) is 17.0. The lowest BCUT2D eigenvalue weighted by atomic mass is 10.0. The molecule has 1 aliphatic rings. The van der Waals surface area contributed by atoms with Crippen LogP contribution in [-0.4, -0.2) is 48.2 Å².